The molecule has 3 heteroatoms. The first kappa shape index (κ1) is 7.37. The molecular formula is C8H10BrNO. The van der Waals surface area contributed by atoms with Crippen LogP contribution >= 0.6 is 15.9 Å². The van der Waals surface area contributed by atoms with Crippen LogP contribution in [-0.2, 0) is 0 Å². The summed E-state index contributed by atoms with van der Waals surface area (Å²) in [6.45, 7) is 1.11. The number of halogens is 1. The number of hydrogen-bond acceptors (Lipinski definition) is 2. The Morgan fingerprint density at radius 1 is 1.55 bits per heavy atom. The first-order valence-corrected chi connectivity index (χ1v) is 4.64. The van der Waals surface area contributed by atoms with Crippen molar-refractivity contribution in [2.24, 2.45) is 0 Å². The van der Waals surface area contributed by atoms with Crippen LogP contribution in [0.5, 0.6) is 0 Å². The molecule has 0 radical (unpaired) electrons. The summed E-state index contributed by atoms with van der Waals surface area (Å²) < 4.78 is 6.24. The SMILES string of the molecule is Brc1ccc([C@H]2CCCN2)o1. The highest BCUT2D eigenvalue weighted by molar-refractivity contribution is 9.10. The van der Waals surface area contributed by atoms with Gasteiger partial charge in [-0.2, -0.15) is 0 Å². The Morgan fingerprint density at radius 3 is 3.00 bits per heavy atom. The smallest absolute Gasteiger partial charge is 0.169 e. The molecule has 11 heavy (non-hydrogen) atoms. The maximum absolute atomic E-state index is 5.42. The topological polar surface area (TPSA) is 25.2 Å². The maximum Gasteiger partial charge on any atom is 0.169 e. The molecule has 2 nitrogen and oxygen atoms in total. The molecule has 2 heterocycles. The van der Waals surface area contributed by atoms with Crippen molar-refractivity contribution in [3.63, 3.8) is 0 Å². The molecule has 60 valence electrons. The summed E-state index contributed by atoms with van der Waals surface area (Å²) in [4.78, 5) is 0. The fourth-order valence-electron chi connectivity index (χ4n) is 1.44. The predicted molar refractivity (Wildman–Crippen MR) is 46.4 cm³/mol. The van der Waals surface area contributed by atoms with E-state index in [9.17, 15) is 0 Å². The molecule has 0 aromatic carbocycles. The van der Waals surface area contributed by atoms with Crippen LogP contribution in [0.1, 0.15) is 24.6 Å². The fraction of sp³-hybridized carbons (Fsp3) is 0.500. The van der Waals surface area contributed by atoms with E-state index >= 15 is 0 Å². The van der Waals surface area contributed by atoms with Gasteiger partial charge in [0.05, 0.1) is 6.04 Å². The van der Waals surface area contributed by atoms with Crippen molar-refractivity contribution in [2.45, 2.75) is 18.9 Å². The molecule has 1 aliphatic heterocycles. The molecule has 1 aromatic rings. The zero-order valence-corrected chi connectivity index (χ0v) is 7.73. The molecule has 1 aliphatic rings. The Bertz CT molecular complexity index is 240. The van der Waals surface area contributed by atoms with Crippen molar-refractivity contribution >= 4 is 15.9 Å². The van der Waals surface area contributed by atoms with Gasteiger partial charge in [0.2, 0.25) is 0 Å². The van der Waals surface area contributed by atoms with Crippen molar-refractivity contribution in [2.75, 3.05) is 6.54 Å². The quantitative estimate of drug-likeness (QED) is 0.779. The summed E-state index contributed by atoms with van der Waals surface area (Å²) in [6.07, 6.45) is 2.45. The zero-order valence-electron chi connectivity index (χ0n) is 6.14. The monoisotopic (exact) mass is 215 g/mol. The van der Waals surface area contributed by atoms with Crippen LogP contribution in [0.3, 0.4) is 0 Å². The third-order valence-corrected chi connectivity index (χ3v) is 2.42. The molecule has 1 aromatic heterocycles. The lowest BCUT2D eigenvalue weighted by molar-refractivity contribution is 0.431. The molecule has 0 unspecified atom stereocenters. The summed E-state index contributed by atoms with van der Waals surface area (Å²) in [6, 6.07) is 4.41. The summed E-state index contributed by atoms with van der Waals surface area (Å²) >= 11 is 3.28. The Hall–Kier alpha value is -0.280. The number of hydrogen-bond donors (Lipinski definition) is 1. The van der Waals surface area contributed by atoms with Crippen molar-refractivity contribution in [3.8, 4) is 0 Å². The number of furan rings is 1. The van der Waals surface area contributed by atoms with Gasteiger partial charge in [-0.1, -0.05) is 0 Å². The summed E-state index contributed by atoms with van der Waals surface area (Å²) in [7, 11) is 0. The third kappa shape index (κ3) is 1.49. The van der Waals surface area contributed by atoms with E-state index in [0.717, 1.165) is 17.0 Å². The highest BCUT2D eigenvalue weighted by Gasteiger charge is 2.18. The van der Waals surface area contributed by atoms with Gasteiger partial charge in [0.1, 0.15) is 5.76 Å². The summed E-state index contributed by atoms with van der Waals surface area (Å²) in [5.74, 6) is 1.05. The molecule has 0 amide bonds. The Balaban J connectivity index is 2.15. The van der Waals surface area contributed by atoms with E-state index < -0.39 is 0 Å². The second-order valence-corrected chi connectivity index (χ2v) is 3.57. The first-order valence-electron chi connectivity index (χ1n) is 3.85. The van der Waals surface area contributed by atoms with Crippen LogP contribution in [0.2, 0.25) is 0 Å². The molecular weight excluding hydrogens is 206 g/mol. The standard InChI is InChI=1S/C8H10BrNO/c9-8-4-3-7(11-8)6-2-1-5-10-6/h3-4,6,10H,1-2,5H2/t6-/m1/s1. The van der Waals surface area contributed by atoms with E-state index in [-0.39, 0.29) is 0 Å². The van der Waals surface area contributed by atoms with E-state index in [4.69, 9.17) is 4.42 Å². The van der Waals surface area contributed by atoms with Crippen molar-refractivity contribution in [1.82, 2.24) is 5.32 Å². The Morgan fingerprint density at radius 2 is 2.45 bits per heavy atom. The van der Waals surface area contributed by atoms with Gasteiger partial charge in [-0.15, -0.1) is 0 Å². The van der Waals surface area contributed by atoms with Crippen LogP contribution in [0.25, 0.3) is 0 Å². The second kappa shape index (κ2) is 2.99. The molecule has 0 spiro atoms. The second-order valence-electron chi connectivity index (χ2n) is 2.79. The van der Waals surface area contributed by atoms with Crippen LogP contribution in [0, 0.1) is 0 Å². The van der Waals surface area contributed by atoms with Gasteiger partial charge in [-0.3, -0.25) is 0 Å². The lowest BCUT2D eigenvalue weighted by Gasteiger charge is -2.04. The molecule has 2 rings (SSSR count). The first-order chi connectivity index (χ1) is 5.36. The van der Waals surface area contributed by atoms with Gasteiger partial charge in [0.25, 0.3) is 0 Å². The Kier molecular flexibility index (Phi) is 2.00. The molecule has 0 aliphatic carbocycles. The average molecular weight is 216 g/mol. The third-order valence-electron chi connectivity index (χ3n) is 2.00. The van der Waals surface area contributed by atoms with Crippen LogP contribution < -0.4 is 5.32 Å². The van der Waals surface area contributed by atoms with Crippen LogP contribution in [0.15, 0.2) is 21.2 Å². The molecule has 1 saturated heterocycles. The lowest BCUT2D eigenvalue weighted by Crippen LogP contribution is -2.11. The number of rotatable bonds is 1. The van der Waals surface area contributed by atoms with E-state index in [2.05, 4.69) is 21.2 Å². The number of nitrogens with one attached hydrogen (secondary N) is 1. The van der Waals surface area contributed by atoms with Crippen molar-refractivity contribution in [3.05, 3.63) is 22.6 Å². The van der Waals surface area contributed by atoms with E-state index in [0.29, 0.717) is 6.04 Å². The fourth-order valence-corrected chi connectivity index (χ4v) is 1.76. The highest BCUT2D eigenvalue weighted by atomic mass is 79.9. The molecule has 0 saturated carbocycles. The van der Waals surface area contributed by atoms with Gasteiger partial charge in [-0.25, -0.2) is 0 Å². The minimum atomic E-state index is 0.446. The normalized spacial score (nSPS) is 24.3. The minimum absolute atomic E-state index is 0.446. The molecule has 1 N–H and O–H groups in total. The van der Waals surface area contributed by atoms with E-state index in [1.54, 1.807) is 0 Å². The summed E-state index contributed by atoms with van der Waals surface area (Å²) in [5, 5.41) is 3.37. The zero-order chi connectivity index (χ0) is 7.68. The lowest BCUT2D eigenvalue weighted by atomic mass is 10.2. The molecule has 1 fully saturated rings. The summed E-state index contributed by atoms with van der Waals surface area (Å²) in [5.41, 5.74) is 0. The largest absolute Gasteiger partial charge is 0.453 e. The van der Waals surface area contributed by atoms with E-state index in [1.807, 2.05) is 12.1 Å². The van der Waals surface area contributed by atoms with Crippen molar-refractivity contribution < 1.29 is 4.42 Å². The van der Waals surface area contributed by atoms with Gasteiger partial charge in [0, 0.05) is 0 Å². The maximum atomic E-state index is 5.42. The molecule has 1 atom stereocenters. The average Bonchev–Trinajstić information content (AvgIpc) is 2.55. The predicted octanol–water partition coefficient (Wildman–Crippen LogP) is 2.47. The van der Waals surface area contributed by atoms with Gasteiger partial charge in [0.15, 0.2) is 4.67 Å². The van der Waals surface area contributed by atoms with Crippen LogP contribution in [0.4, 0.5) is 0 Å². The van der Waals surface area contributed by atoms with Gasteiger partial charge >= 0.3 is 0 Å². The van der Waals surface area contributed by atoms with Gasteiger partial charge in [-0.05, 0) is 47.4 Å². The Labute approximate surface area is 74.1 Å². The highest BCUT2D eigenvalue weighted by Crippen LogP contribution is 2.26. The van der Waals surface area contributed by atoms with Crippen molar-refractivity contribution in [1.29, 1.82) is 0 Å². The molecule has 0 bridgehead atoms. The van der Waals surface area contributed by atoms with Gasteiger partial charge < -0.3 is 9.73 Å². The van der Waals surface area contributed by atoms with Crippen LogP contribution in [-0.4, -0.2) is 6.54 Å². The minimum Gasteiger partial charge on any atom is -0.453 e. The van der Waals surface area contributed by atoms with E-state index in [1.165, 1.54) is 12.8 Å².